The summed E-state index contributed by atoms with van der Waals surface area (Å²) in [6.07, 6.45) is 2.46. The lowest BCUT2D eigenvalue weighted by Crippen LogP contribution is -2.43. The van der Waals surface area contributed by atoms with Crippen LogP contribution in [0.15, 0.2) is 18.2 Å². The Labute approximate surface area is 87.7 Å². The number of anilines is 1. The molecule has 0 spiro atoms. The lowest BCUT2D eigenvalue weighted by atomic mass is 9.91. The summed E-state index contributed by atoms with van der Waals surface area (Å²) >= 11 is 0. The highest BCUT2D eigenvalue weighted by Crippen LogP contribution is 2.35. The molecule has 0 unspecified atom stereocenters. The van der Waals surface area contributed by atoms with Gasteiger partial charge in [-0.25, -0.2) is 0 Å². The van der Waals surface area contributed by atoms with E-state index >= 15 is 0 Å². The minimum Gasteiger partial charge on any atom is -0.274 e. The molecule has 76 valence electrons. The van der Waals surface area contributed by atoms with Gasteiger partial charge in [0.15, 0.2) is 0 Å². The molecule has 1 aromatic carbocycles. The van der Waals surface area contributed by atoms with Crippen molar-refractivity contribution in [2.45, 2.75) is 25.7 Å². The summed E-state index contributed by atoms with van der Waals surface area (Å²) in [6.45, 7) is 0. The molecule has 2 heterocycles. The maximum absolute atomic E-state index is 11.7. The number of benzene rings is 1. The van der Waals surface area contributed by atoms with Crippen LogP contribution < -0.4 is 4.90 Å². The monoisotopic (exact) mass is 201 g/mol. The average molecular weight is 201 g/mol. The van der Waals surface area contributed by atoms with Crippen molar-refractivity contribution in [2.75, 3.05) is 4.90 Å². The Morgan fingerprint density at radius 2 is 1.40 bits per heavy atom. The first-order valence-electron chi connectivity index (χ1n) is 5.24. The molecule has 2 aliphatic heterocycles. The van der Waals surface area contributed by atoms with Gasteiger partial charge in [-0.2, -0.15) is 0 Å². The van der Waals surface area contributed by atoms with Gasteiger partial charge >= 0.3 is 0 Å². The molecule has 3 rings (SSSR count). The molecule has 2 aliphatic rings. The molecular weight excluding hydrogens is 190 g/mol. The maximum atomic E-state index is 11.7. The highest BCUT2D eigenvalue weighted by molar-refractivity contribution is 6.17. The van der Waals surface area contributed by atoms with E-state index in [1.807, 2.05) is 18.2 Å². The van der Waals surface area contributed by atoms with Crippen molar-refractivity contribution in [3.63, 3.8) is 0 Å². The number of para-hydroxylation sites is 1. The summed E-state index contributed by atoms with van der Waals surface area (Å²) in [5.74, 6) is -0.0840. The third-order valence-electron chi connectivity index (χ3n) is 3.14. The fraction of sp³-hybridized carbons (Fsp3) is 0.333. The quantitative estimate of drug-likeness (QED) is 0.595. The summed E-state index contributed by atoms with van der Waals surface area (Å²) < 4.78 is 0. The molecule has 0 saturated carbocycles. The van der Waals surface area contributed by atoms with Crippen LogP contribution in [-0.4, -0.2) is 11.8 Å². The first kappa shape index (κ1) is 8.65. The van der Waals surface area contributed by atoms with E-state index in [0.29, 0.717) is 12.8 Å². The lowest BCUT2D eigenvalue weighted by Gasteiger charge is -2.33. The molecule has 0 atom stereocenters. The second-order valence-corrected chi connectivity index (χ2v) is 4.05. The van der Waals surface area contributed by atoms with Gasteiger partial charge < -0.3 is 0 Å². The molecule has 0 saturated heterocycles. The van der Waals surface area contributed by atoms with E-state index in [2.05, 4.69) is 0 Å². The van der Waals surface area contributed by atoms with Gasteiger partial charge in [0.2, 0.25) is 11.8 Å². The van der Waals surface area contributed by atoms with Crippen molar-refractivity contribution in [2.24, 2.45) is 0 Å². The smallest absolute Gasteiger partial charge is 0.234 e. The van der Waals surface area contributed by atoms with Crippen LogP contribution in [0.4, 0.5) is 5.69 Å². The minimum atomic E-state index is -0.0420. The van der Waals surface area contributed by atoms with Crippen LogP contribution in [0, 0.1) is 0 Å². The number of carbonyl (C=O) groups is 2. The Hall–Kier alpha value is -1.64. The molecular formula is C12H11NO2. The van der Waals surface area contributed by atoms with Gasteiger partial charge in [-0.1, -0.05) is 18.2 Å². The van der Waals surface area contributed by atoms with Gasteiger partial charge in [0.25, 0.3) is 0 Å². The fourth-order valence-corrected chi connectivity index (χ4v) is 2.43. The number of amides is 2. The van der Waals surface area contributed by atoms with Crippen LogP contribution in [0.25, 0.3) is 0 Å². The Morgan fingerprint density at radius 1 is 0.867 bits per heavy atom. The summed E-state index contributed by atoms with van der Waals surface area (Å²) in [6, 6.07) is 6.03. The van der Waals surface area contributed by atoms with Crippen molar-refractivity contribution in [1.82, 2.24) is 0 Å². The van der Waals surface area contributed by atoms with Crippen molar-refractivity contribution in [3.8, 4) is 0 Å². The third kappa shape index (κ3) is 1.12. The lowest BCUT2D eigenvalue weighted by molar-refractivity contribution is -0.127. The number of hydrogen-bond acceptors (Lipinski definition) is 2. The van der Waals surface area contributed by atoms with E-state index in [-0.39, 0.29) is 11.8 Å². The third-order valence-corrected chi connectivity index (χ3v) is 3.14. The number of imide groups is 1. The Bertz CT molecular complexity index is 426. The number of aryl methyl sites for hydroxylation is 2. The zero-order chi connectivity index (χ0) is 10.4. The molecule has 0 fully saturated rings. The van der Waals surface area contributed by atoms with Gasteiger partial charge in [0.05, 0.1) is 5.69 Å². The zero-order valence-electron chi connectivity index (χ0n) is 8.32. The van der Waals surface area contributed by atoms with Gasteiger partial charge in [0, 0.05) is 12.8 Å². The van der Waals surface area contributed by atoms with Crippen molar-refractivity contribution in [3.05, 3.63) is 29.3 Å². The Kier molecular flexibility index (Phi) is 1.69. The molecule has 0 aromatic heterocycles. The van der Waals surface area contributed by atoms with Crippen LogP contribution in [0.5, 0.6) is 0 Å². The normalized spacial score (nSPS) is 19.1. The van der Waals surface area contributed by atoms with Crippen LogP contribution >= 0.6 is 0 Å². The molecule has 0 N–H and O–H groups in total. The van der Waals surface area contributed by atoms with Gasteiger partial charge in [-0.3, -0.25) is 14.5 Å². The van der Waals surface area contributed by atoms with E-state index in [1.54, 1.807) is 0 Å². The van der Waals surface area contributed by atoms with E-state index in [0.717, 1.165) is 29.7 Å². The molecule has 0 bridgehead atoms. The maximum Gasteiger partial charge on any atom is 0.234 e. The first-order valence-corrected chi connectivity index (χ1v) is 5.24. The second-order valence-electron chi connectivity index (χ2n) is 4.05. The summed E-state index contributed by atoms with van der Waals surface area (Å²) in [5, 5.41) is 0. The number of carbonyl (C=O) groups excluding carboxylic acids is 2. The largest absolute Gasteiger partial charge is 0.274 e. The second kappa shape index (κ2) is 2.92. The van der Waals surface area contributed by atoms with E-state index in [9.17, 15) is 9.59 Å². The number of rotatable bonds is 0. The molecule has 3 nitrogen and oxygen atoms in total. The molecule has 0 radical (unpaired) electrons. The topological polar surface area (TPSA) is 37.4 Å². The van der Waals surface area contributed by atoms with Crippen molar-refractivity contribution in [1.29, 1.82) is 0 Å². The first-order chi connectivity index (χ1) is 7.27. The van der Waals surface area contributed by atoms with Crippen LogP contribution in [0.3, 0.4) is 0 Å². The van der Waals surface area contributed by atoms with E-state index < -0.39 is 0 Å². The average Bonchev–Trinajstić information content (AvgIpc) is 2.25. The fourth-order valence-electron chi connectivity index (χ4n) is 2.43. The Morgan fingerprint density at radius 3 is 1.93 bits per heavy atom. The van der Waals surface area contributed by atoms with Crippen LogP contribution in [0.1, 0.15) is 24.0 Å². The molecule has 0 aliphatic carbocycles. The molecule has 15 heavy (non-hydrogen) atoms. The van der Waals surface area contributed by atoms with E-state index in [1.165, 1.54) is 4.90 Å². The van der Waals surface area contributed by atoms with Gasteiger partial charge in [-0.15, -0.1) is 0 Å². The SMILES string of the molecule is O=C1CCc2cccc3c2N1C(=O)CC3. The van der Waals surface area contributed by atoms with Crippen LogP contribution in [0.2, 0.25) is 0 Å². The molecule has 2 amide bonds. The summed E-state index contributed by atoms with van der Waals surface area (Å²) in [7, 11) is 0. The van der Waals surface area contributed by atoms with Crippen molar-refractivity contribution >= 4 is 17.5 Å². The van der Waals surface area contributed by atoms with Gasteiger partial charge in [0.1, 0.15) is 0 Å². The van der Waals surface area contributed by atoms with Gasteiger partial charge in [-0.05, 0) is 24.0 Å². The summed E-state index contributed by atoms with van der Waals surface area (Å²) in [5.41, 5.74) is 3.16. The minimum absolute atomic E-state index is 0.0420. The Balaban J connectivity index is 2.26. The van der Waals surface area contributed by atoms with Crippen molar-refractivity contribution < 1.29 is 9.59 Å². The highest BCUT2D eigenvalue weighted by Gasteiger charge is 2.33. The predicted molar refractivity (Wildman–Crippen MR) is 55.6 cm³/mol. The summed E-state index contributed by atoms with van der Waals surface area (Å²) in [4.78, 5) is 24.8. The molecule has 3 heteroatoms. The van der Waals surface area contributed by atoms with Crippen LogP contribution in [-0.2, 0) is 22.4 Å². The number of nitrogens with zero attached hydrogens (tertiary/aromatic N) is 1. The predicted octanol–water partition coefficient (Wildman–Crippen LogP) is 1.44. The number of hydrogen-bond donors (Lipinski definition) is 0. The van der Waals surface area contributed by atoms with E-state index in [4.69, 9.17) is 0 Å². The molecule has 1 aromatic rings. The highest BCUT2D eigenvalue weighted by atomic mass is 16.2. The standard InChI is InChI=1S/C12H11NO2/c14-10-6-4-8-2-1-3-9-5-7-11(15)13(10)12(8)9/h1-3H,4-7H2. The zero-order valence-corrected chi connectivity index (χ0v) is 8.32.